The summed E-state index contributed by atoms with van der Waals surface area (Å²) in [5, 5.41) is -3.01. The van der Waals surface area contributed by atoms with E-state index in [0.717, 1.165) is 0 Å². The van der Waals surface area contributed by atoms with Crippen LogP contribution in [0.2, 0.25) is 0 Å². The summed E-state index contributed by atoms with van der Waals surface area (Å²) < 4.78 is 82.4. The van der Waals surface area contributed by atoms with E-state index < -0.39 is 56.8 Å². The van der Waals surface area contributed by atoms with E-state index in [4.69, 9.17) is 7.85 Å². The molecule has 1 atom stereocenters. The van der Waals surface area contributed by atoms with Crippen molar-refractivity contribution in [3.8, 4) is 0 Å². The van der Waals surface area contributed by atoms with Gasteiger partial charge in [-0.25, -0.2) is 22.5 Å². The third-order valence-electron chi connectivity index (χ3n) is 3.44. The van der Waals surface area contributed by atoms with E-state index in [1.807, 2.05) is 0 Å². The van der Waals surface area contributed by atoms with Gasteiger partial charge in [-0.15, -0.1) is 0 Å². The third kappa shape index (κ3) is 2.34. The highest BCUT2D eigenvalue weighted by Gasteiger charge is 2.33. The molecule has 1 nitrogen and oxygen atoms in total. The molecule has 1 heterocycles. The molecule has 1 aromatic carbocycles. The number of nitrogens with zero attached hydrogens (tertiary/aromatic N) is 1. The lowest BCUT2D eigenvalue weighted by atomic mass is 9.62. The van der Waals surface area contributed by atoms with Crippen molar-refractivity contribution < 1.29 is 26.3 Å². The second kappa shape index (κ2) is 5.48. The topological polar surface area (TPSA) is 12.9 Å². The van der Waals surface area contributed by atoms with E-state index in [2.05, 4.69) is 4.98 Å². The van der Waals surface area contributed by atoms with Crippen molar-refractivity contribution >= 4 is 18.7 Å². The van der Waals surface area contributed by atoms with Gasteiger partial charge in [0.2, 0.25) is 5.82 Å². The molecule has 2 aromatic rings. The summed E-state index contributed by atoms with van der Waals surface area (Å²) in [7, 11) is 5.78. The van der Waals surface area contributed by atoms with E-state index in [1.165, 1.54) is 6.92 Å². The van der Waals surface area contributed by atoms with Gasteiger partial charge in [0, 0.05) is 5.56 Å². The summed E-state index contributed by atoms with van der Waals surface area (Å²) in [6, 6.07) is 0. The number of rotatable bonds is 3. The molecule has 0 amide bonds. The molecule has 8 heteroatoms. The van der Waals surface area contributed by atoms with Crippen LogP contribution in [0.5, 0.6) is 0 Å². The lowest BCUT2D eigenvalue weighted by Gasteiger charge is -2.27. The van der Waals surface area contributed by atoms with Gasteiger partial charge in [-0.2, -0.15) is 8.78 Å². The number of benzene rings is 1. The van der Waals surface area contributed by atoms with Crippen LogP contribution in [0, 0.1) is 35.0 Å². The van der Waals surface area contributed by atoms with E-state index in [-0.39, 0.29) is 6.42 Å². The molecule has 0 fully saturated rings. The molecular formula is C14H10BF6N. The molecule has 116 valence electrons. The maximum atomic E-state index is 14.4. The smallest absolute Gasteiger partial charge is 0.214 e. The molecule has 22 heavy (non-hydrogen) atoms. The van der Waals surface area contributed by atoms with Crippen LogP contribution in [-0.4, -0.2) is 12.8 Å². The monoisotopic (exact) mass is 317 g/mol. The highest BCUT2D eigenvalue weighted by atomic mass is 19.2. The highest BCUT2D eigenvalue weighted by Crippen LogP contribution is 2.36. The van der Waals surface area contributed by atoms with Crippen LogP contribution in [0.4, 0.5) is 26.3 Å². The van der Waals surface area contributed by atoms with Crippen LogP contribution in [0.25, 0.3) is 10.9 Å². The second-order valence-corrected chi connectivity index (χ2v) is 5.24. The highest BCUT2D eigenvalue weighted by molar-refractivity contribution is 6.16. The van der Waals surface area contributed by atoms with Gasteiger partial charge in [-0.3, -0.25) is 0 Å². The van der Waals surface area contributed by atoms with Crippen molar-refractivity contribution in [3.63, 3.8) is 0 Å². The molecule has 0 aliphatic rings. The largest absolute Gasteiger partial charge is 0.252 e. The lowest BCUT2D eigenvalue weighted by molar-refractivity contribution is 0.421. The van der Waals surface area contributed by atoms with Crippen LogP contribution < -0.4 is 0 Å². The van der Waals surface area contributed by atoms with Crippen molar-refractivity contribution in [2.24, 2.45) is 0 Å². The van der Waals surface area contributed by atoms with E-state index >= 15 is 0 Å². The Bertz CT molecular complexity index is 759. The number of halogens is 6. The molecule has 0 unspecified atom stereocenters. The van der Waals surface area contributed by atoms with E-state index in [0.29, 0.717) is 6.42 Å². The maximum absolute atomic E-state index is 14.4. The Hall–Kier alpha value is -1.73. The SMILES string of the molecule is [B][C@](C)(CCC)c1c(F)c(F)c2c(F)c(F)c(F)nc2c1F. The Kier molecular flexibility index (Phi) is 4.15. The van der Waals surface area contributed by atoms with Gasteiger partial charge in [-0.1, -0.05) is 26.7 Å². The van der Waals surface area contributed by atoms with E-state index in [1.54, 1.807) is 6.92 Å². The summed E-state index contributed by atoms with van der Waals surface area (Å²) in [5.74, 6) is -11.2. The average molecular weight is 317 g/mol. The number of pyridine rings is 1. The summed E-state index contributed by atoms with van der Waals surface area (Å²) in [6.45, 7) is 2.94. The van der Waals surface area contributed by atoms with Gasteiger partial charge < -0.3 is 0 Å². The fourth-order valence-corrected chi connectivity index (χ4v) is 2.45. The molecule has 0 aliphatic heterocycles. The fourth-order valence-electron chi connectivity index (χ4n) is 2.45. The summed E-state index contributed by atoms with van der Waals surface area (Å²) in [4.78, 5) is 2.85. The van der Waals surface area contributed by atoms with Crippen molar-refractivity contribution in [1.29, 1.82) is 0 Å². The first-order valence-electron chi connectivity index (χ1n) is 6.43. The van der Waals surface area contributed by atoms with E-state index in [9.17, 15) is 26.3 Å². The van der Waals surface area contributed by atoms with Crippen molar-refractivity contribution in [3.05, 3.63) is 40.6 Å². The predicted molar refractivity (Wildman–Crippen MR) is 69.5 cm³/mol. The zero-order valence-electron chi connectivity index (χ0n) is 11.7. The summed E-state index contributed by atoms with van der Waals surface area (Å²) in [6.07, 6.45) is 0.503. The number of aromatic nitrogens is 1. The Labute approximate surface area is 123 Å². The maximum Gasteiger partial charge on any atom is 0.252 e. The molecule has 1 aromatic heterocycles. The van der Waals surface area contributed by atoms with Gasteiger partial charge in [-0.05, 0) is 5.31 Å². The van der Waals surface area contributed by atoms with Gasteiger partial charge in [0.15, 0.2) is 23.3 Å². The van der Waals surface area contributed by atoms with Gasteiger partial charge >= 0.3 is 0 Å². The normalized spacial score (nSPS) is 14.4. The van der Waals surface area contributed by atoms with Crippen LogP contribution in [0.1, 0.15) is 32.3 Å². The quantitative estimate of drug-likeness (QED) is 0.357. The van der Waals surface area contributed by atoms with Gasteiger partial charge in [0.25, 0.3) is 5.95 Å². The predicted octanol–water partition coefficient (Wildman–Crippen LogP) is 4.25. The minimum atomic E-state index is -2.11. The Morgan fingerprint density at radius 1 is 0.909 bits per heavy atom. The molecule has 2 radical (unpaired) electrons. The van der Waals surface area contributed by atoms with Crippen molar-refractivity contribution in [2.75, 3.05) is 0 Å². The molecule has 0 N–H and O–H groups in total. The van der Waals surface area contributed by atoms with Crippen molar-refractivity contribution in [1.82, 2.24) is 4.98 Å². The molecule has 0 aliphatic carbocycles. The van der Waals surface area contributed by atoms with Crippen molar-refractivity contribution in [2.45, 2.75) is 32.0 Å². The number of hydrogen-bond donors (Lipinski definition) is 0. The second-order valence-electron chi connectivity index (χ2n) is 5.24. The van der Waals surface area contributed by atoms with Crippen LogP contribution in [0.3, 0.4) is 0 Å². The number of hydrogen-bond acceptors (Lipinski definition) is 1. The zero-order chi connectivity index (χ0) is 16.8. The van der Waals surface area contributed by atoms with Gasteiger partial charge in [0.1, 0.15) is 5.52 Å². The summed E-state index contributed by atoms with van der Waals surface area (Å²) in [5.41, 5.74) is -2.02. The molecular weight excluding hydrogens is 307 g/mol. The Balaban J connectivity index is 2.97. The third-order valence-corrected chi connectivity index (χ3v) is 3.44. The first-order chi connectivity index (χ1) is 10.1. The molecule has 0 saturated heterocycles. The average Bonchev–Trinajstić information content (AvgIpc) is 2.42. The fraction of sp³-hybridized carbons (Fsp3) is 0.357. The van der Waals surface area contributed by atoms with Crippen LogP contribution >= 0.6 is 0 Å². The zero-order valence-corrected chi connectivity index (χ0v) is 11.7. The minimum Gasteiger partial charge on any atom is -0.214 e. The van der Waals surface area contributed by atoms with Gasteiger partial charge in [0.05, 0.1) is 13.2 Å². The Morgan fingerprint density at radius 2 is 1.45 bits per heavy atom. The molecule has 0 saturated carbocycles. The standard InChI is InChI=1S/C14H10BF6N/c1-3-4-14(2,15)6-9(18)7(16)5-8(17)11(20)13(21)22-12(5)10(6)19/h3-4H2,1-2H3/t14-/m1/s1. The van der Waals surface area contributed by atoms with Crippen LogP contribution in [-0.2, 0) is 5.31 Å². The van der Waals surface area contributed by atoms with Crippen LogP contribution in [0.15, 0.2) is 0 Å². The first-order valence-corrected chi connectivity index (χ1v) is 6.43. The molecule has 0 spiro atoms. The minimum absolute atomic E-state index is 0.0813. The number of fused-ring (bicyclic) bond motifs is 1. The lowest BCUT2D eigenvalue weighted by Crippen LogP contribution is -2.26. The summed E-state index contributed by atoms with van der Waals surface area (Å²) >= 11 is 0. The first kappa shape index (κ1) is 16.6. The molecule has 2 rings (SSSR count). The Morgan fingerprint density at radius 3 is 2.00 bits per heavy atom. The molecule has 0 bridgehead atoms.